The van der Waals surface area contributed by atoms with Crippen molar-refractivity contribution in [1.82, 2.24) is 14.9 Å². The first-order valence-corrected chi connectivity index (χ1v) is 7.40. The summed E-state index contributed by atoms with van der Waals surface area (Å²) in [5.74, 6) is -0.322. The van der Waals surface area contributed by atoms with Crippen LogP contribution >= 0.6 is 0 Å². The second kappa shape index (κ2) is 6.71. The Morgan fingerprint density at radius 1 is 1.45 bits per heavy atom. The molecule has 0 bridgehead atoms. The lowest BCUT2D eigenvalue weighted by Crippen LogP contribution is -2.55. The number of carbonyl (C=O) groups excluding carboxylic acids is 1. The van der Waals surface area contributed by atoms with Gasteiger partial charge >= 0.3 is 5.97 Å². The van der Waals surface area contributed by atoms with E-state index < -0.39 is 6.17 Å². The van der Waals surface area contributed by atoms with Crippen LogP contribution in [0.2, 0.25) is 0 Å². The third-order valence-corrected chi connectivity index (χ3v) is 3.50. The van der Waals surface area contributed by atoms with E-state index in [9.17, 15) is 4.79 Å². The number of morpholine rings is 1. The van der Waals surface area contributed by atoms with Gasteiger partial charge in [-0.1, -0.05) is 12.1 Å². The number of carbonyl (C=O) groups is 1. The van der Waals surface area contributed by atoms with Crippen LogP contribution in [0, 0.1) is 0 Å². The molecule has 1 aromatic carbocycles. The van der Waals surface area contributed by atoms with E-state index >= 15 is 0 Å². The fourth-order valence-corrected chi connectivity index (χ4v) is 2.42. The number of hydrogen-bond acceptors (Lipinski definition) is 6. The molecule has 118 valence electrons. The van der Waals surface area contributed by atoms with E-state index in [0.717, 1.165) is 11.0 Å². The van der Waals surface area contributed by atoms with Crippen molar-refractivity contribution >= 4 is 17.0 Å². The fraction of sp³-hybridized carbons (Fsp3) is 0.500. The van der Waals surface area contributed by atoms with Crippen molar-refractivity contribution in [3.63, 3.8) is 0 Å². The molecule has 2 N–H and O–H groups in total. The SMILES string of the molecule is CCOC(=O)C(Nn1nc2ccccc2[nH+]1)N1CCOCC1. The summed E-state index contributed by atoms with van der Waals surface area (Å²) in [6.45, 7) is 4.66. The Morgan fingerprint density at radius 3 is 2.95 bits per heavy atom. The monoisotopic (exact) mass is 306 g/mol. The molecule has 1 aliphatic heterocycles. The van der Waals surface area contributed by atoms with Crippen LogP contribution < -0.4 is 10.5 Å². The van der Waals surface area contributed by atoms with E-state index in [-0.39, 0.29) is 5.97 Å². The summed E-state index contributed by atoms with van der Waals surface area (Å²) in [6.07, 6.45) is -0.602. The molecule has 1 saturated heterocycles. The van der Waals surface area contributed by atoms with Gasteiger partial charge in [0.15, 0.2) is 5.52 Å². The standard InChI is InChI=1S/C14H19N5O3/c1-2-22-14(20)13(18-7-9-21-10-8-18)17-19-15-11-5-3-4-6-12(11)16-19/h3-6,13,17H,2,7-10H2,1H3/p+1. The second-order valence-corrected chi connectivity index (χ2v) is 4.97. The average molecular weight is 306 g/mol. The van der Waals surface area contributed by atoms with Crippen molar-refractivity contribution in [2.75, 3.05) is 38.3 Å². The zero-order chi connectivity index (χ0) is 15.4. The number of esters is 1. The predicted octanol–water partition coefficient (Wildman–Crippen LogP) is -0.385. The van der Waals surface area contributed by atoms with Crippen molar-refractivity contribution in [1.29, 1.82) is 0 Å². The number of aromatic amines is 1. The predicted molar refractivity (Wildman–Crippen MR) is 78.5 cm³/mol. The summed E-state index contributed by atoms with van der Waals surface area (Å²) in [6, 6.07) is 7.67. The Bertz CT molecular complexity index is 605. The van der Waals surface area contributed by atoms with Gasteiger partial charge < -0.3 is 9.47 Å². The number of benzene rings is 1. The maximum Gasteiger partial charge on any atom is 0.361 e. The smallest absolute Gasteiger partial charge is 0.361 e. The Labute approximate surface area is 127 Å². The highest BCUT2D eigenvalue weighted by Gasteiger charge is 2.32. The lowest BCUT2D eigenvalue weighted by molar-refractivity contribution is -0.464. The molecule has 1 atom stereocenters. The molecule has 0 spiro atoms. The van der Waals surface area contributed by atoms with Crippen molar-refractivity contribution in [2.24, 2.45) is 0 Å². The third kappa shape index (κ3) is 3.18. The molecule has 1 aliphatic rings. The van der Waals surface area contributed by atoms with Gasteiger partial charge in [0.25, 0.3) is 0 Å². The molecule has 0 aliphatic carbocycles. The topological polar surface area (TPSA) is 82.8 Å². The molecule has 8 heteroatoms. The van der Waals surface area contributed by atoms with Gasteiger partial charge in [0, 0.05) is 23.1 Å². The van der Waals surface area contributed by atoms with Crippen LogP contribution in [-0.2, 0) is 14.3 Å². The number of nitrogens with zero attached hydrogens (tertiary/aromatic N) is 3. The molecule has 8 nitrogen and oxygen atoms in total. The number of H-pyrrole nitrogens is 1. The van der Waals surface area contributed by atoms with E-state index in [4.69, 9.17) is 9.47 Å². The van der Waals surface area contributed by atoms with Crippen LogP contribution in [0.4, 0.5) is 0 Å². The van der Waals surface area contributed by atoms with Gasteiger partial charge in [-0.3, -0.25) is 4.90 Å². The largest absolute Gasteiger partial charge is 0.462 e. The van der Waals surface area contributed by atoms with Crippen molar-refractivity contribution in [3.05, 3.63) is 24.3 Å². The molecule has 0 amide bonds. The Hall–Kier alpha value is -2.19. The first-order chi connectivity index (χ1) is 10.8. The molecule has 2 heterocycles. The van der Waals surface area contributed by atoms with Crippen LogP contribution in [0.15, 0.2) is 24.3 Å². The van der Waals surface area contributed by atoms with Gasteiger partial charge in [-0.05, 0) is 19.1 Å². The summed E-state index contributed by atoms with van der Waals surface area (Å²) in [4.78, 5) is 15.7. The molecule has 2 aromatic rings. The zero-order valence-corrected chi connectivity index (χ0v) is 12.5. The highest BCUT2D eigenvalue weighted by atomic mass is 16.5. The van der Waals surface area contributed by atoms with Gasteiger partial charge in [0.1, 0.15) is 0 Å². The Balaban J connectivity index is 1.80. The summed E-state index contributed by atoms with van der Waals surface area (Å²) >= 11 is 0. The number of aromatic nitrogens is 3. The Kier molecular flexibility index (Phi) is 4.50. The van der Waals surface area contributed by atoms with E-state index in [2.05, 4.69) is 15.6 Å². The zero-order valence-electron chi connectivity index (χ0n) is 12.5. The van der Waals surface area contributed by atoms with Crippen LogP contribution in [0.1, 0.15) is 6.92 Å². The van der Waals surface area contributed by atoms with Gasteiger partial charge in [-0.15, -0.1) is 0 Å². The molecular weight excluding hydrogens is 286 g/mol. The molecule has 0 radical (unpaired) electrons. The van der Waals surface area contributed by atoms with Crippen molar-refractivity contribution in [3.8, 4) is 0 Å². The average Bonchev–Trinajstić information content (AvgIpc) is 2.96. The van der Waals surface area contributed by atoms with Gasteiger partial charge in [-0.25, -0.2) is 4.79 Å². The number of rotatable bonds is 5. The van der Waals surface area contributed by atoms with Crippen LogP contribution in [0.5, 0.6) is 0 Å². The van der Waals surface area contributed by atoms with Crippen LogP contribution in [0.3, 0.4) is 0 Å². The maximum absolute atomic E-state index is 12.2. The van der Waals surface area contributed by atoms with Crippen LogP contribution in [0.25, 0.3) is 11.0 Å². The second-order valence-electron chi connectivity index (χ2n) is 4.97. The van der Waals surface area contributed by atoms with E-state index in [1.807, 2.05) is 29.2 Å². The van der Waals surface area contributed by atoms with E-state index in [1.165, 1.54) is 4.91 Å². The number of nitrogens with one attached hydrogen (secondary N) is 2. The van der Waals surface area contributed by atoms with Gasteiger partial charge in [0.05, 0.1) is 19.8 Å². The lowest BCUT2D eigenvalue weighted by atomic mass is 10.3. The van der Waals surface area contributed by atoms with Crippen molar-refractivity contribution in [2.45, 2.75) is 13.1 Å². The van der Waals surface area contributed by atoms with E-state index in [1.54, 1.807) is 6.92 Å². The summed E-state index contributed by atoms with van der Waals surface area (Å²) < 4.78 is 10.5. The molecule has 0 saturated carbocycles. The lowest BCUT2D eigenvalue weighted by Gasteiger charge is -2.30. The van der Waals surface area contributed by atoms with E-state index in [0.29, 0.717) is 32.9 Å². The number of fused-ring (bicyclic) bond motifs is 1. The summed E-state index contributed by atoms with van der Waals surface area (Å²) in [5, 5.41) is 7.47. The molecule has 1 aromatic heterocycles. The quantitative estimate of drug-likeness (QED) is 0.758. The molecule has 3 rings (SSSR count). The molecular formula is C14H20N5O3+. The molecule has 1 unspecified atom stereocenters. The third-order valence-electron chi connectivity index (χ3n) is 3.50. The first-order valence-electron chi connectivity index (χ1n) is 7.40. The minimum atomic E-state index is -0.602. The summed E-state index contributed by atoms with van der Waals surface area (Å²) in [5.41, 5.74) is 4.78. The minimum absolute atomic E-state index is 0.322. The number of hydrogen-bond donors (Lipinski definition) is 1. The Morgan fingerprint density at radius 2 is 2.23 bits per heavy atom. The maximum atomic E-state index is 12.2. The van der Waals surface area contributed by atoms with Gasteiger partial charge in [0.2, 0.25) is 11.7 Å². The summed E-state index contributed by atoms with van der Waals surface area (Å²) in [7, 11) is 0. The molecule has 22 heavy (non-hydrogen) atoms. The molecule has 1 fully saturated rings. The first kappa shape index (κ1) is 14.7. The highest BCUT2D eigenvalue weighted by molar-refractivity contribution is 5.76. The van der Waals surface area contributed by atoms with Gasteiger partial charge in [-0.2, -0.15) is 10.5 Å². The number of ether oxygens (including phenoxy) is 2. The fourth-order valence-electron chi connectivity index (χ4n) is 2.42. The highest BCUT2D eigenvalue weighted by Crippen LogP contribution is 2.06. The number of para-hydroxylation sites is 1. The normalized spacial score (nSPS) is 17.3. The van der Waals surface area contributed by atoms with Crippen molar-refractivity contribution < 1.29 is 19.4 Å². The van der Waals surface area contributed by atoms with Crippen LogP contribution in [-0.4, -0.2) is 59.9 Å². The minimum Gasteiger partial charge on any atom is -0.462 e.